The van der Waals surface area contributed by atoms with Crippen molar-refractivity contribution in [2.45, 2.75) is 12.7 Å². The molecule has 0 spiro atoms. The van der Waals surface area contributed by atoms with E-state index < -0.39 is 17.7 Å². The monoisotopic (exact) mass is 611 g/mol. The molecular weight excluding hydrogens is 589 g/mol. The maximum Gasteiger partial charge on any atom is 0.343 e. The number of anilines is 1. The average Bonchev–Trinajstić information content (AvgIpc) is 3.75. The SMILES string of the molecule is CCOc1cc(C=NNC(=O)c2nnn(-c3nonc3N)c2CSC2=NCCS2)ccc1OC(=O)c1ccc(F)cc1. The van der Waals surface area contributed by atoms with Gasteiger partial charge in [0.15, 0.2) is 17.2 Å². The maximum atomic E-state index is 13.2. The molecule has 5 rings (SSSR count). The summed E-state index contributed by atoms with van der Waals surface area (Å²) in [6.45, 7) is 2.80. The van der Waals surface area contributed by atoms with Gasteiger partial charge in [0.1, 0.15) is 10.2 Å². The van der Waals surface area contributed by atoms with Gasteiger partial charge in [-0.1, -0.05) is 28.7 Å². The summed E-state index contributed by atoms with van der Waals surface area (Å²) in [6, 6.07) is 9.71. The number of carbonyl (C=O) groups is 2. The number of hydrazone groups is 1. The number of nitrogens with two attached hydrogens (primary N) is 1. The van der Waals surface area contributed by atoms with Gasteiger partial charge in [-0.2, -0.15) is 9.78 Å². The third-order valence-electron chi connectivity index (χ3n) is 5.49. The minimum absolute atomic E-state index is 0.00343. The molecule has 2 aromatic heterocycles. The molecule has 42 heavy (non-hydrogen) atoms. The van der Waals surface area contributed by atoms with Crippen molar-refractivity contribution < 1.29 is 28.1 Å². The molecule has 0 aliphatic carbocycles. The second-order valence-electron chi connectivity index (χ2n) is 8.29. The fourth-order valence-corrected chi connectivity index (χ4v) is 5.57. The lowest BCUT2D eigenvalue weighted by Crippen LogP contribution is -2.20. The van der Waals surface area contributed by atoms with Crippen LogP contribution in [0.4, 0.5) is 10.2 Å². The Kier molecular flexibility index (Phi) is 9.08. The number of esters is 1. The van der Waals surface area contributed by atoms with Crippen molar-refractivity contribution in [1.82, 2.24) is 30.7 Å². The molecule has 14 nitrogen and oxygen atoms in total. The van der Waals surface area contributed by atoms with Crippen LogP contribution in [0.15, 0.2) is 57.2 Å². The highest BCUT2D eigenvalue weighted by Gasteiger charge is 2.25. The van der Waals surface area contributed by atoms with Gasteiger partial charge in [0.05, 0.1) is 30.6 Å². The number of thioether (sulfide) groups is 2. The number of ether oxygens (including phenoxy) is 2. The summed E-state index contributed by atoms with van der Waals surface area (Å²) in [5.74, 6) is -0.0433. The van der Waals surface area contributed by atoms with E-state index in [9.17, 15) is 14.0 Å². The van der Waals surface area contributed by atoms with E-state index in [-0.39, 0.29) is 34.4 Å². The van der Waals surface area contributed by atoms with Crippen molar-refractivity contribution in [3.63, 3.8) is 0 Å². The second kappa shape index (κ2) is 13.3. The zero-order valence-electron chi connectivity index (χ0n) is 21.9. The fraction of sp³-hybridized carbons (Fsp3) is 0.200. The third-order valence-corrected chi connectivity index (χ3v) is 7.76. The fourth-order valence-electron chi connectivity index (χ4n) is 3.57. The van der Waals surface area contributed by atoms with E-state index >= 15 is 0 Å². The van der Waals surface area contributed by atoms with E-state index in [4.69, 9.17) is 15.2 Å². The minimum Gasteiger partial charge on any atom is -0.490 e. The molecule has 0 atom stereocenters. The van der Waals surface area contributed by atoms with Gasteiger partial charge >= 0.3 is 5.97 Å². The Bertz CT molecular complexity index is 1660. The zero-order valence-corrected chi connectivity index (χ0v) is 23.5. The Balaban J connectivity index is 1.30. The first kappa shape index (κ1) is 28.7. The molecule has 0 unspecified atom stereocenters. The van der Waals surface area contributed by atoms with Gasteiger partial charge in [-0.15, -0.1) is 5.10 Å². The highest BCUT2D eigenvalue weighted by atomic mass is 32.2. The third kappa shape index (κ3) is 6.74. The van der Waals surface area contributed by atoms with Crippen LogP contribution >= 0.6 is 23.5 Å². The summed E-state index contributed by atoms with van der Waals surface area (Å²) >= 11 is 3.05. The van der Waals surface area contributed by atoms with Crippen LogP contribution in [0.5, 0.6) is 11.5 Å². The highest BCUT2D eigenvalue weighted by molar-refractivity contribution is 8.38. The lowest BCUT2D eigenvalue weighted by Gasteiger charge is -2.11. The number of nitrogens with zero attached hydrogens (tertiary/aromatic N) is 7. The molecule has 0 radical (unpaired) electrons. The van der Waals surface area contributed by atoms with E-state index in [1.54, 1.807) is 30.8 Å². The summed E-state index contributed by atoms with van der Waals surface area (Å²) < 4.78 is 31.1. The van der Waals surface area contributed by atoms with E-state index in [1.807, 2.05) is 0 Å². The summed E-state index contributed by atoms with van der Waals surface area (Å²) in [5.41, 5.74) is 9.39. The first-order chi connectivity index (χ1) is 20.4. The van der Waals surface area contributed by atoms with Gasteiger partial charge in [-0.25, -0.2) is 19.2 Å². The highest BCUT2D eigenvalue weighted by Crippen LogP contribution is 2.29. The molecule has 3 N–H and O–H groups in total. The van der Waals surface area contributed by atoms with Gasteiger partial charge in [0, 0.05) is 11.5 Å². The van der Waals surface area contributed by atoms with Gasteiger partial charge in [0.25, 0.3) is 5.91 Å². The Morgan fingerprint density at radius 2 is 2.07 bits per heavy atom. The van der Waals surface area contributed by atoms with Crippen LogP contribution in [-0.4, -0.2) is 66.7 Å². The Hall–Kier alpha value is -4.77. The molecule has 3 heterocycles. The number of benzene rings is 2. The zero-order chi connectivity index (χ0) is 29.5. The number of rotatable bonds is 10. The topological polar surface area (TPSA) is 185 Å². The van der Waals surface area contributed by atoms with Crippen LogP contribution in [-0.2, 0) is 5.75 Å². The normalized spacial score (nSPS) is 12.9. The maximum absolute atomic E-state index is 13.2. The Morgan fingerprint density at radius 3 is 2.79 bits per heavy atom. The Labute approximate surface area is 245 Å². The Morgan fingerprint density at radius 1 is 1.24 bits per heavy atom. The molecule has 1 aliphatic rings. The molecular formula is C25H22FN9O5S2. The first-order valence-corrected chi connectivity index (χ1v) is 14.3. The van der Waals surface area contributed by atoms with Crippen molar-refractivity contribution in [2.24, 2.45) is 10.1 Å². The molecule has 0 saturated heterocycles. The predicted molar refractivity (Wildman–Crippen MR) is 154 cm³/mol. The molecule has 216 valence electrons. The van der Waals surface area contributed by atoms with E-state index in [1.165, 1.54) is 53.0 Å². The number of halogens is 1. The lowest BCUT2D eigenvalue weighted by atomic mass is 10.2. The van der Waals surface area contributed by atoms with Crippen LogP contribution in [0.1, 0.15) is 39.0 Å². The number of carbonyl (C=O) groups excluding carboxylic acids is 2. The summed E-state index contributed by atoms with van der Waals surface area (Å²) in [5, 5.41) is 19.4. The quantitative estimate of drug-likeness (QED) is 0.116. The van der Waals surface area contributed by atoms with Gasteiger partial charge in [-0.3, -0.25) is 9.79 Å². The largest absolute Gasteiger partial charge is 0.490 e. The molecule has 0 saturated carbocycles. The average molecular weight is 612 g/mol. The second-order valence-corrected chi connectivity index (χ2v) is 10.6. The molecule has 4 aromatic rings. The molecule has 0 bridgehead atoms. The number of hydrogen-bond donors (Lipinski definition) is 2. The van der Waals surface area contributed by atoms with Gasteiger partial charge in [0.2, 0.25) is 11.6 Å². The number of nitrogen functional groups attached to an aromatic ring is 1. The van der Waals surface area contributed by atoms with Crippen LogP contribution in [0.3, 0.4) is 0 Å². The summed E-state index contributed by atoms with van der Waals surface area (Å²) in [7, 11) is 0. The van der Waals surface area contributed by atoms with Crippen molar-refractivity contribution >= 4 is 51.8 Å². The van der Waals surface area contributed by atoms with Crippen molar-refractivity contribution in [3.05, 3.63) is 70.8 Å². The molecule has 17 heteroatoms. The number of nitrogens with one attached hydrogen (secondary N) is 1. The van der Waals surface area contributed by atoms with Crippen LogP contribution in [0.25, 0.3) is 5.82 Å². The van der Waals surface area contributed by atoms with Gasteiger partial charge in [-0.05, 0) is 65.3 Å². The number of amides is 1. The van der Waals surface area contributed by atoms with Crippen molar-refractivity contribution in [2.75, 3.05) is 24.6 Å². The first-order valence-electron chi connectivity index (χ1n) is 12.3. The summed E-state index contributed by atoms with van der Waals surface area (Å²) in [4.78, 5) is 29.9. The summed E-state index contributed by atoms with van der Waals surface area (Å²) in [6.07, 6.45) is 1.38. The number of aliphatic imine (C=N–C) groups is 1. The lowest BCUT2D eigenvalue weighted by molar-refractivity contribution is 0.0728. The van der Waals surface area contributed by atoms with Crippen LogP contribution in [0.2, 0.25) is 0 Å². The predicted octanol–water partition coefficient (Wildman–Crippen LogP) is 3.09. The number of hydrogen-bond acceptors (Lipinski definition) is 14. The van der Waals surface area contributed by atoms with Gasteiger partial charge < -0.3 is 15.2 Å². The molecule has 1 amide bonds. The van der Waals surface area contributed by atoms with E-state index in [2.05, 4.69) is 40.8 Å². The standard InChI is InChI=1S/C25H22FN9O5S2/c1-2-38-19-11-14(3-8-18(19)39-24(37)15-4-6-16(26)7-5-15)12-29-31-23(36)20-17(13-42-25-28-9-10-41-25)35(34-30-20)22-21(27)32-40-33-22/h3-8,11-12H,2,9-10,13H2,1H3,(H2,27,32)(H,31,36). The minimum atomic E-state index is -0.673. The van der Waals surface area contributed by atoms with Crippen molar-refractivity contribution in [3.8, 4) is 17.3 Å². The smallest absolute Gasteiger partial charge is 0.343 e. The van der Waals surface area contributed by atoms with E-state index in [0.29, 0.717) is 23.6 Å². The number of aromatic nitrogens is 5. The van der Waals surface area contributed by atoms with E-state index in [0.717, 1.165) is 16.7 Å². The van der Waals surface area contributed by atoms with Crippen LogP contribution in [0, 0.1) is 5.82 Å². The molecule has 0 fully saturated rings. The molecule has 2 aromatic carbocycles. The molecule has 1 aliphatic heterocycles. The van der Waals surface area contributed by atoms with Crippen LogP contribution < -0.4 is 20.6 Å². The van der Waals surface area contributed by atoms with Crippen molar-refractivity contribution in [1.29, 1.82) is 0 Å².